The fourth-order valence-electron chi connectivity index (χ4n) is 3.61. The number of hydrogen-bond acceptors (Lipinski definition) is 4. The van der Waals surface area contributed by atoms with Crippen molar-refractivity contribution in [1.29, 1.82) is 0 Å². The second-order valence-electron chi connectivity index (χ2n) is 8.19. The fraction of sp³-hybridized carbons (Fsp3) is 0.308. The van der Waals surface area contributed by atoms with Gasteiger partial charge in [-0.1, -0.05) is 36.7 Å². The Morgan fingerprint density at radius 1 is 0.895 bits per heavy atom. The van der Waals surface area contributed by atoms with Gasteiger partial charge in [0.05, 0.1) is 6.61 Å². The van der Waals surface area contributed by atoms with Crippen molar-refractivity contribution in [2.45, 2.75) is 44.6 Å². The van der Waals surface area contributed by atoms with Crippen molar-refractivity contribution in [3.8, 4) is 17.2 Å². The average molecular weight is 566 g/mol. The summed E-state index contributed by atoms with van der Waals surface area (Å²) in [5.41, 5.74) is 0.832. The van der Waals surface area contributed by atoms with Crippen molar-refractivity contribution in [2.75, 3.05) is 11.5 Å². The molecule has 0 aliphatic carbocycles. The molecule has 0 heterocycles. The molecule has 3 rings (SSSR count). The van der Waals surface area contributed by atoms with E-state index in [2.05, 4.69) is 4.74 Å². The summed E-state index contributed by atoms with van der Waals surface area (Å²) in [7, 11) is 0. The Morgan fingerprint density at radius 2 is 1.55 bits per heavy atom. The topological polar surface area (TPSA) is 41.9 Å². The molecule has 1 unspecified atom stereocenters. The molecule has 1 N–H and O–H groups in total. The fourth-order valence-corrected chi connectivity index (χ4v) is 3.86. The van der Waals surface area contributed by atoms with Crippen LogP contribution in [0.25, 0.3) is 0 Å². The van der Waals surface area contributed by atoms with Gasteiger partial charge in [0, 0.05) is 23.3 Å². The molecule has 1 atom stereocenters. The molecule has 0 aromatic heterocycles. The van der Waals surface area contributed by atoms with Gasteiger partial charge >= 0.3 is 18.7 Å². The van der Waals surface area contributed by atoms with Gasteiger partial charge in [-0.25, -0.2) is 0 Å². The maximum Gasteiger partial charge on any atom is 0.461 e. The smallest absolute Gasteiger partial charge is 0.457 e. The van der Waals surface area contributed by atoms with Crippen LogP contribution in [0.2, 0.25) is 5.02 Å². The summed E-state index contributed by atoms with van der Waals surface area (Å²) in [6.07, 6.45) is -13.2. The van der Waals surface area contributed by atoms with Crippen LogP contribution in [0.3, 0.4) is 0 Å². The van der Waals surface area contributed by atoms with Crippen molar-refractivity contribution in [2.24, 2.45) is 0 Å². The van der Waals surface area contributed by atoms with E-state index in [-0.39, 0.29) is 17.0 Å². The van der Waals surface area contributed by atoms with Crippen LogP contribution in [0.5, 0.6) is 17.2 Å². The molecule has 4 nitrogen and oxygen atoms in total. The van der Waals surface area contributed by atoms with Crippen LogP contribution in [0.15, 0.2) is 66.7 Å². The minimum absolute atomic E-state index is 0.00668. The molecule has 0 saturated carbocycles. The molecule has 3 aromatic rings. The number of hydrogen-bond donors (Lipinski definition) is 1. The van der Waals surface area contributed by atoms with Crippen LogP contribution in [0.4, 0.5) is 36.4 Å². The summed E-state index contributed by atoms with van der Waals surface area (Å²) >= 11 is 6.12. The highest BCUT2D eigenvalue weighted by Crippen LogP contribution is 2.35. The lowest BCUT2D eigenvalue weighted by molar-refractivity contribution is -0.253. The number of ether oxygens (including phenoxy) is 2. The zero-order chi connectivity index (χ0) is 28.1. The molecule has 0 radical (unpaired) electrons. The third-order valence-corrected chi connectivity index (χ3v) is 5.84. The number of nitrogens with zero attached hydrogens (tertiary/aromatic N) is 1. The van der Waals surface area contributed by atoms with E-state index in [4.69, 9.17) is 16.3 Å². The quantitative estimate of drug-likeness (QED) is 0.240. The lowest BCUT2D eigenvalue weighted by Gasteiger charge is -2.34. The molecule has 0 bridgehead atoms. The van der Waals surface area contributed by atoms with E-state index >= 15 is 0 Å². The summed E-state index contributed by atoms with van der Waals surface area (Å²) in [6.45, 7) is 0.0438. The maximum absolute atomic E-state index is 13.9. The number of aryl methyl sites for hydroxylation is 1. The van der Waals surface area contributed by atoms with Gasteiger partial charge in [0.1, 0.15) is 23.3 Å². The van der Waals surface area contributed by atoms with E-state index in [0.29, 0.717) is 17.2 Å². The third kappa shape index (κ3) is 7.44. The van der Waals surface area contributed by atoms with Crippen molar-refractivity contribution < 1.29 is 45.3 Å². The average Bonchev–Trinajstić information content (AvgIpc) is 2.84. The second kappa shape index (κ2) is 12.1. The van der Waals surface area contributed by atoms with Crippen LogP contribution in [-0.4, -0.2) is 36.5 Å². The molecular formula is C26H23ClF7NO3. The lowest BCUT2D eigenvalue weighted by Crippen LogP contribution is -2.48. The summed E-state index contributed by atoms with van der Waals surface area (Å²) < 4.78 is 103. The first-order valence-corrected chi connectivity index (χ1v) is 11.7. The van der Waals surface area contributed by atoms with Gasteiger partial charge < -0.3 is 19.5 Å². The molecule has 206 valence electrons. The highest BCUT2D eigenvalue weighted by atomic mass is 35.5. The number of alkyl halides is 7. The normalized spacial score (nSPS) is 12.9. The summed E-state index contributed by atoms with van der Waals surface area (Å²) in [5.74, 6) is -0.0782. The van der Waals surface area contributed by atoms with Gasteiger partial charge in [-0.15, -0.1) is 0 Å². The monoisotopic (exact) mass is 565 g/mol. The van der Waals surface area contributed by atoms with Crippen molar-refractivity contribution in [3.63, 3.8) is 0 Å². The molecule has 12 heteroatoms. The van der Waals surface area contributed by atoms with E-state index in [1.54, 1.807) is 18.2 Å². The second-order valence-corrected chi connectivity index (χ2v) is 8.59. The lowest BCUT2D eigenvalue weighted by atomic mass is 10.1. The number of benzene rings is 3. The van der Waals surface area contributed by atoms with Crippen LogP contribution in [0, 0.1) is 0 Å². The Labute approximate surface area is 219 Å². The third-order valence-electron chi connectivity index (χ3n) is 5.47. The zero-order valence-corrected chi connectivity index (χ0v) is 20.6. The van der Waals surface area contributed by atoms with Crippen LogP contribution in [0.1, 0.15) is 18.1 Å². The molecule has 0 spiro atoms. The van der Waals surface area contributed by atoms with Gasteiger partial charge in [0.2, 0.25) is 0 Å². The highest BCUT2D eigenvalue weighted by molar-refractivity contribution is 6.31. The standard InChI is InChI=1S/C26H23ClF7NO3/c1-2-17-12-20(9-10-22(17)27)37-19-7-4-6-18(13-19)35(23(15-36)25(30,31)32)14-16-5-3-8-21(11-16)38-26(33,34)24(28)29/h3-13,23-24,36H,2,14-15H2,1H3. The first kappa shape index (κ1) is 29.4. The Balaban J connectivity index is 1.95. The SMILES string of the molecule is CCc1cc(Oc2cccc(N(Cc3cccc(OC(F)(F)C(F)F)c3)C(CO)C(F)(F)F)c2)ccc1Cl. The Hall–Kier alpha value is -3.18. The number of anilines is 1. The first-order chi connectivity index (χ1) is 17.8. The summed E-state index contributed by atoms with van der Waals surface area (Å²) in [5, 5.41) is 10.2. The van der Waals surface area contributed by atoms with Crippen LogP contribution >= 0.6 is 11.6 Å². The van der Waals surface area contributed by atoms with Crippen molar-refractivity contribution in [1.82, 2.24) is 0 Å². The highest BCUT2D eigenvalue weighted by Gasteiger charge is 2.45. The minimum Gasteiger partial charge on any atom is -0.457 e. The van der Waals surface area contributed by atoms with E-state index in [1.807, 2.05) is 6.92 Å². The Morgan fingerprint density at radius 3 is 2.18 bits per heavy atom. The first-order valence-electron chi connectivity index (χ1n) is 11.3. The Kier molecular flexibility index (Phi) is 9.37. The van der Waals surface area contributed by atoms with Crippen molar-refractivity contribution >= 4 is 17.3 Å². The summed E-state index contributed by atoms with van der Waals surface area (Å²) in [6, 6.07) is 12.6. The molecule has 0 aliphatic rings. The Bertz CT molecular complexity index is 1220. The van der Waals surface area contributed by atoms with Gasteiger partial charge in [-0.3, -0.25) is 0 Å². The minimum atomic E-state index is -4.88. The molecule has 3 aromatic carbocycles. The molecule has 0 fully saturated rings. The van der Waals surface area contributed by atoms with Gasteiger partial charge in [0.25, 0.3) is 0 Å². The van der Waals surface area contributed by atoms with Crippen molar-refractivity contribution in [3.05, 3.63) is 82.9 Å². The summed E-state index contributed by atoms with van der Waals surface area (Å²) in [4.78, 5) is 0.802. The number of halogens is 8. The largest absolute Gasteiger partial charge is 0.461 e. The number of rotatable bonds is 11. The van der Waals surface area contributed by atoms with E-state index in [0.717, 1.165) is 22.6 Å². The number of aliphatic hydroxyl groups is 1. The van der Waals surface area contributed by atoms with Gasteiger partial charge in [0.15, 0.2) is 0 Å². The molecule has 0 saturated heterocycles. The van der Waals surface area contributed by atoms with Gasteiger partial charge in [-0.05, 0) is 60.0 Å². The molecule has 0 amide bonds. The molecule has 0 aliphatic heterocycles. The molecule has 38 heavy (non-hydrogen) atoms. The van der Waals surface area contributed by atoms with E-state index in [9.17, 15) is 35.8 Å². The predicted molar refractivity (Wildman–Crippen MR) is 128 cm³/mol. The van der Waals surface area contributed by atoms with E-state index in [1.165, 1.54) is 36.4 Å². The number of aliphatic hydroxyl groups excluding tert-OH is 1. The zero-order valence-electron chi connectivity index (χ0n) is 19.9. The van der Waals surface area contributed by atoms with E-state index < -0.39 is 43.7 Å². The molecular weight excluding hydrogens is 543 g/mol. The van der Waals surface area contributed by atoms with Gasteiger partial charge in [-0.2, -0.15) is 30.7 Å². The predicted octanol–water partition coefficient (Wildman–Crippen LogP) is 7.86. The maximum atomic E-state index is 13.9. The van der Waals surface area contributed by atoms with Crippen LogP contribution < -0.4 is 14.4 Å². The van der Waals surface area contributed by atoms with Crippen LogP contribution in [-0.2, 0) is 13.0 Å².